The second kappa shape index (κ2) is 8.00. The average molecular weight is 348 g/mol. The van der Waals surface area contributed by atoms with Crippen molar-refractivity contribution in [3.8, 4) is 0 Å². The van der Waals surface area contributed by atoms with Crippen molar-refractivity contribution in [1.29, 1.82) is 0 Å². The number of ether oxygens (including phenoxy) is 2. The van der Waals surface area contributed by atoms with Crippen LogP contribution in [0.5, 0.6) is 0 Å². The maximum atomic E-state index is 12.3. The average Bonchev–Trinajstić information content (AvgIpc) is 2.78. The molecule has 2 aliphatic rings. The molecule has 1 fully saturated rings. The van der Waals surface area contributed by atoms with E-state index in [1.807, 2.05) is 33.8 Å². The highest BCUT2D eigenvalue weighted by molar-refractivity contribution is 5.91. The first kappa shape index (κ1) is 19.4. The molecule has 0 spiro atoms. The van der Waals surface area contributed by atoms with Gasteiger partial charge in [-0.15, -0.1) is 0 Å². The third-order valence-corrected chi connectivity index (χ3v) is 4.92. The normalized spacial score (nSPS) is 35.6. The molecular weight excluding hydrogens is 320 g/mol. The quantitative estimate of drug-likeness (QED) is 0.482. The molecule has 1 saturated heterocycles. The Morgan fingerprint density at radius 2 is 2.00 bits per heavy atom. The highest BCUT2D eigenvalue weighted by atomic mass is 16.6. The molecule has 0 bridgehead atoms. The zero-order valence-electron chi connectivity index (χ0n) is 15.5. The molecule has 0 saturated carbocycles. The fourth-order valence-electron chi connectivity index (χ4n) is 3.31. The maximum absolute atomic E-state index is 12.3. The smallest absolute Gasteiger partial charge is 0.334 e. The first-order valence-electron chi connectivity index (χ1n) is 8.85. The number of carbonyl (C=O) groups excluding carboxylic acids is 2. The number of fused-ring (bicyclic) bond motifs is 1. The largest absolute Gasteiger partial charge is 0.461 e. The Morgan fingerprint density at radius 1 is 1.36 bits per heavy atom. The minimum Gasteiger partial charge on any atom is -0.461 e. The topological polar surface area (TPSA) is 72.8 Å². The van der Waals surface area contributed by atoms with Crippen molar-refractivity contribution in [2.45, 2.75) is 65.3 Å². The van der Waals surface area contributed by atoms with Crippen molar-refractivity contribution >= 4 is 11.9 Å². The van der Waals surface area contributed by atoms with E-state index in [0.29, 0.717) is 24.8 Å². The highest BCUT2D eigenvalue weighted by Gasteiger charge is 2.44. The number of rotatable bonds is 3. The molecule has 138 valence electrons. The van der Waals surface area contributed by atoms with Gasteiger partial charge in [0, 0.05) is 12.0 Å². The summed E-state index contributed by atoms with van der Waals surface area (Å²) in [6.45, 7) is 11.4. The summed E-state index contributed by atoms with van der Waals surface area (Å²) in [7, 11) is 0. The summed E-state index contributed by atoms with van der Waals surface area (Å²) in [4.78, 5) is 24.4. The summed E-state index contributed by atoms with van der Waals surface area (Å²) < 4.78 is 11.2. The molecule has 2 rings (SSSR count). The van der Waals surface area contributed by atoms with Gasteiger partial charge in [-0.05, 0) is 32.8 Å². The van der Waals surface area contributed by atoms with Gasteiger partial charge in [0.1, 0.15) is 12.2 Å². The first-order valence-corrected chi connectivity index (χ1v) is 8.85. The van der Waals surface area contributed by atoms with E-state index in [1.54, 1.807) is 6.08 Å². The lowest BCUT2D eigenvalue weighted by molar-refractivity contribution is -0.156. The molecule has 1 aliphatic carbocycles. The minimum atomic E-state index is -0.612. The molecule has 0 aromatic rings. The van der Waals surface area contributed by atoms with Gasteiger partial charge in [-0.25, -0.2) is 4.79 Å². The summed E-state index contributed by atoms with van der Waals surface area (Å²) in [6.07, 6.45) is 3.53. The van der Waals surface area contributed by atoms with Crippen molar-refractivity contribution in [1.82, 2.24) is 0 Å². The van der Waals surface area contributed by atoms with Crippen molar-refractivity contribution in [2.75, 3.05) is 0 Å². The second-order valence-corrected chi connectivity index (χ2v) is 7.21. The molecule has 1 N–H and O–H groups in total. The fourth-order valence-corrected chi connectivity index (χ4v) is 3.31. The molecule has 25 heavy (non-hydrogen) atoms. The number of esters is 2. The number of carbonyl (C=O) groups is 2. The molecule has 0 radical (unpaired) electrons. The standard InChI is InChI=1S/C20H28O5/c1-6-13(4)19(22)24-16-9-11(2)7-15(21)8-12(3)10-17-18(16)14(5)20(23)25-17/h7,10,13,15-18,21H,5-6,8-9H2,1-4H3/b11-7+,12-10+. The Kier molecular flexibility index (Phi) is 6.22. The molecule has 5 heteroatoms. The van der Waals surface area contributed by atoms with Crippen LogP contribution >= 0.6 is 0 Å². The molecular formula is C20H28O5. The summed E-state index contributed by atoms with van der Waals surface area (Å²) in [5.41, 5.74) is 2.17. The van der Waals surface area contributed by atoms with E-state index in [9.17, 15) is 14.7 Å². The SMILES string of the molecule is C=C1C(=O)OC2/C=C(\C)CC(O)/C=C(\C)CC(OC(=O)C(C)CC)C12. The number of aliphatic hydroxyl groups excluding tert-OH is 1. The monoisotopic (exact) mass is 348 g/mol. The fraction of sp³-hybridized carbons (Fsp3) is 0.600. The van der Waals surface area contributed by atoms with Crippen LogP contribution in [-0.4, -0.2) is 35.4 Å². The lowest BCUT2D eigenvalue weighted by Crippen LogP contribution is -2.35. The zero-order chi connectivity index (χ0) is 18.7. The van der Waals surface area contributed by atoms with Crippen molar-refractivity contribution < 1.29 is 24.2 Å². The third kappa shape index (κ3) is 4.60. The third-order valence-electron chi connectivity index (χ3n) is 4.92. The van der Waals surface area contributed by atoms with Crippen molar-refractivity contribution in [2.24, 2.45) is 11.8 Å². The Morgan fingerprint density at radius 3 is 2.64 bits per heavy atom. The highest BCUT2D eigenvalue weighted by Crippen LogP contribution is 2.36. The van der Waals surface area contributed by atoms with Crippen LogP contribution < -0.4 is 0 Å². The van der Waals surface area contributed by atoms with Crippen LogP contribution in [0, 0.1) is 11.8 Å². The molecule has 5 atom stereocenters. The van der Waals surface area contributed by atoms with Crippen LogP contribution in [0.25, 0.3) is 0 Å². The minimum absolute atomic E-state index is 0.215. The van der Waals surface area contributed by atoms with E-state index < -0.39 is 30.2 Å². The van der Waals surface area contributed by atoms with E-state index in [1.165, 1.54) is 0 Å². The molecule has 1 heterocycles. The van der Waals surface area contributed by atoms with E-state index in [0.717, 1.165) is 11.1 Å². The Bertz CT molecular complexity index is 616. The number of aliphatic hydroxyl groups is 1. The van der Waals surface area contributed by atoms with Gasteiger partial charge in [0.2, 0.25) is 0 Å². The van der Waals surface area contributed by atoms with Crippen molar-refractivity contribution in [3.05, 3.63) is 35.5 Å². The lowest BCUT2D eigenvalue weighted by atomic mass is 9.85. The van der Waals surface area contributed by atoms with Crippen LogP contribution in [-0.2, 0) is 19.1 Å². The summed E-state index contributed by atoms with van der Waals surface area (Å²) in [5, 5.41) is 10.2. The van der Waals surface area contributed by atoms with Crippen LogP contribution in [0.1, 0.15) is 47.0 Å². The van der Waals surface area contributed by atoms with E-state index in [4.69, 9.17) is 9.47 Å². The molecule has 5 unspecified atom stereocenters. The summed E-state index contributed by atoms with van der Waals surface area (Å²) >= 11 is 0. The van der Waals surface area contributed by atoms with Crippen LogP contribution in [0.2, 0.25) is 0 Å². The summed E-state index contributed by atoms with van der Waals surface area (Å²) in [6, 6.07) is 0. The number of hydrogen-bond acceptors (Lipinski definition) is 5. The van der Waals surface area contributed by atoms with Gasteiger partial charge in [0.15, 0.2) is 0 Å². The summed E-state index contributed by atoms with van der Waals surface area (Å²) in [5.74, 6) is -1.36. The van der Waals surface area contributed by atoms with Crippen LogP contribution in [0.3, 0.4) is 0 Å². The Labute approximate surface area is 149 Å². The first-order chi connectivity index (χ1) is 11.7. The van der Waals surface area contributed by atoms with Crippen LogP contribution in [0.15, 0.2) is 35.5 Å². The van der Waals surface area contributed by atoms with Gasteiger partial charge < -0.3 is 14.6 Å². The second-order valence-electron chi connectivity index (χ2n) is 7.21. The van der Waals surface area contributed by atoms with Gasteiger partial charge in [0.05, 0.1) is 17.9 Å². The molecule has 0 aromatic carbocycles. The Balaban J connectivity index is 2.39. The maximum Gasteiger partial charge on any atom is 0.334 e. The van der Waals surface area contributed by atoms with E-state index >= 15 is 0 Å². The zero-order valence-corrected chi connectivity index (χ0v) is 15.5. The molecule has 1 aliphatic heterocycles. The predicted octanol–water partition coefficient (Wildman–Crippen LogP) is 3.09. The lowest BCUT2D eigenvalue weighted by Gasteiger charge is -2.28. The molecule has 0 aromatic heterocycles. The molecule has 0 amide bonds. The van der Waals surface area contributed by atoms with E-state index in [2.05, 4.69) is 6.58 Å². The van der Waals surface area contributed by atoms with Gasteiger partial charge in [-0.1, -0.05) is 37.6 Å². The van der Waals surface area contributed by atoms with Crippen LogP contribution in [0.4, 0.5) is 0 Å². The number of hydrogen-bond donors (Lipinski definition) is 1. The van der Waals surface area contributed by atoms with Gasteiger partial charge in [-0.2, -0.15) is 0 Å². The van der Waals surface area contributed by atoms with Gasteiger partial charge >= 0.3 is 11.9 Å². The molecule has 5 nitrogen and oxygen atoms in total. The predicted molar refractivity (Wildman–Crippen MR) is 94.6 cm³/mol. The van der Waals surface area contributed by atoms with Gasteiger partial charge in [-0.3, -0.25) is 4.79 Å². The van der Waals surface area contributed by atoms with Gasteiger partial charge in [0.25, 0.3) is 0 Å². The van der Waals surface area contributed by atoms with Crippen molar-refractivity contribution in [3.63, 3.8) is 0 Å². The van der Waals surface area contributed by atoms with E-state index in [-0.39, 0.29) is 11.9 Å². The Hall–Kier alpha value is -1.88.